The molecule has 1 aliphatic heterocycles. The molecular weight excluding hydrogens is 188 g/mol. The third-order valence-electron chi connectivity index (χ3n) is 3.26. The molecule has 3 nitrogen and oxygen atoms in total. The standard InChI is InChI=1S/C12H18N2O/c1-9-6-14(7-10(9)2)8-11-3-4-12(15)5-13-11/h3-5,9-10,15H,6-8H2,1-2H3. The van der Waals surface area contributed by atoms with Gasteiger partial charge < -0.3 is 5.11 Å². The molecule has 1 aromatic rings. The summed E-state index contributed by atoms with van der Waals surface area (Å²) >= 11 is 0. The van der Waals surface area contributed by atoms with Crippen molar-refractivity contribution in [3.05, 3.63) is 24.0 Å². The zero-order valence-corrected chi connectivity index (χ0v) is 9.35. The average Bonchev–Trinajstić information content (AvgIpc) is 2.50. The minimum absolute atomic E-state index is 0.238. The van der Waals surface area contributed by atoms with Crippen LogP contribution in [0.4, 0.5) is 0 Å². The second kappa shape index (κ2) is 4.19. The first-order valence-corrected chi connectivity index (χ1v) is 5.51. The molecule has 2 rings (SSSR count). The van der Waals surface area contributed by atoms with Crippen molar-refractivity contribution in [3.63, 3.8) is 0 Å². The maximum atomic E-state index is 9.13. The molecule has 15 heavy (non-hydrogen) atoms. The van der Waals surface area contributed by atoms with Gasteiger partial charge in [0.15, 0.2) is 0 Å². The smallest absolute Gasteiger partial charge is 0.133 e. The van der Waals surface area contributed by atoms with Gasteiger partial charge >= 0.3 is 0 Å². The second-order valence-corrected chi connectivity index (χ2v) is 4.66. The van der Waals surface area contributed by atoms with E-state index < -0.39 is 0 Å². The van der Waals surface area contributed by atoms with Crippen LogP contribution in [0.2, 0.25) is 0 Å². The van der Waals surface area contributed by atoms with Crippen molar-refractivity contribution >= 4 is 0 Å². The summed E-state index contributed by atoms with van der Waals surface area (Å²) < 4.78 is 0. The molecule has 0 radical (unpaired) electrons. The van der Waals surface area contributed by atoms with E-state index in [1.807, 2.05) is 6.07 Å². The normalized spacial score (nSPS) is 27.1. The van der Waals surface area contributed by atoms with Crippen LogP contribution < -0.4 is 0 Å². The lowest BCUT2D eigenvalue weighted by Crippen LogP contribution is -2.20. The molecule has 82 valence electrons. The maximum absolute atomic E-state index is 9.13. The molecule has 0 bridgehead atoms. The highest BCUT2D eigenvalue weighted by Gasteiger charge is 2.25. The summed E-state index contributed by atoms with van der Waals surface area (Å²) in [6, 6.07) is 3.59. The fourth-order valence-electron chi connectivity index (χ4n) is 2.12. The number of aromatic nitrogens is 1. The van der Waals surface area contributed by atoms with E-state index >= 15 is 0 Å². The lowest BCUT2D eigenvalue weighted by molar-refractivity contribution is 0.312. The quantitative estimate of drug-likeness (QED) is 0.802. The molecule has 1 saturated heterocycles. The van der Waals surface area contributed by atoms with E-state index in [1.165, 1.54) is 6.20 Å². The van der Waals surface area contributed by atoms with E-state index in [1.54, 1.807) is 6.07 Å². The van der Waals surface area contributed by atoms with Crippen LogP contribution in [-0.2, 0) is 6.54 Å². The number of hydrogen-bond acceptors (Lipinski definition) is 3. The highest BCUT2D eigenvalue weighted by atomic mass is 16.3. The topological polar surface area (TPSA) is 36.4 Å². The van der Waals surface area contributed by atoms with Gasteiger partial charge in [-0.05, 0) is 24.0 Å². The van der Waals surface area contributed by atoms with Crippen molar-refractivity contribution < 1.29 is 5.11 Å². The lowest BCUT2D eigenvalue weighted by atomic mass is 10.0. The van der Waals surface area contributed by atoms with Gasteiger partial charge in [0.1, 0.15) is 5.75 Å². The van der Waals surface area contributed by atoms with Crippen LogP contribution in [0, 0.1) is 11.8 Å². The Morgan fingerprint density at radius 1 is 1.33 bits per heavy atom. The highest BCUT2D eigenvalue weighted by Crippen LogP contribution is 2.23. The van der Waals surface area contributed by atoms with E-state index in [-0.39, 0.29) is 5.75 Å². The Bertz CT molecular complexity index is 313. The number of nitrogens with zero attached hydrogens (tertiary/aromatic N) is 2. The van der Waals surface area contributed by atoms with Crippen molar-refractivity contribution in [2.75, 3.05) is 13.1 Å². The molecular formula is C12H18N2O. The van der Waals surface area contributed by atoms with E-state index in [0.29, 0.717) is 0 Å². The summed E-state index contributed by atoms with van der Waals surface area (Å²) in [5.41, 5.74) is 1.04. The third kappa shape index (κ3) is 2.48. The minimum atomic E-state index is 0.238. The van der Waals surface area contributed by atoms with E-state index in [9.17, 15) is 0 Å². The van der Waals surface area contributed by atoms with Gasteiger partial charge in [-0.2, -0.15) is 0 Å². The Labute approximate surface area is 90.8 Å². The van der Waals surface area contributed by atoms with Crippen LogP contribution in [0.25, 0.3) is 0 Å². The summed E-state index contributed by atoms with van der Waals surface area (Å²) in [6.45, 7) is 7.81. The van der Waals surface area contributed by atoms with Gasteiger partial charge in [0.25, 0.3) is 0 Å². The number of aromatic hydroxyl groups is 1. The van der Waals surface area contributed by atoms with Gasteiger partial charge in [-0.25, -0.2) is 0 Å². The number of rotatable bonds is 2. The molecule has 0 spiro atoms. The van der Waals surface area contributed by atoms with Crippen molar-refractivity contribution in [1.29, 1.82) is 0 Å². The fraction of sp³-hybridized carbons (Fsp3) is 0.583. The van der Waals surface area contributed by atoms with Crippen LogP contribution in [0.15, 0.2) is 18.3 Å². The SMILES string of the molecule is CC1CN(Cc2ccc(O)cn2)CC1C. The van der Waals surface area contributed by atoms with E-state index in [2.05, 4.69) is 23.7 Å². The first kappa shape index (κ1) is 10.4. The number of pyridine rings is 1. The highest BCUT2D eigenvalue weighted by molar-refractivity contribution is 5.17. The molecule has 1 aliphatic rings. The van der Waals surface area contributed by atoms with Crippen molar-refractivity contribution in [2.45, 2.75) is 20.4 Å². The molecule has 1 aromatic heterocycles. The summed E-state index contributed by atoms with van der Waals surface area (Å²) in [6.07, 6.45) is 1.51. The fourth-order valence-corrected chi connectivity index (χ4v) is 2.12. The Morgan fingerprint density at radius 2 is 2.00 bits per heavy atom. The van der Waals surface area contributed by atoms with E-state index in [4.69, 9.17) is 5.11 Å². The van der Waals surface area contributed by atoms with Gasteiger partial charge in [-0.1, -0.05) is 13.8 Å². The molecule has 0 aromatic carbocycles. The predicted octanol–water partition coefficient (Wildman–Crippen LogP) is 1.88. The van der Waals surface area contributed by atoms with Gasteiger partial charge in [0, 0.05) is 19.6 Å². The molecule has 1 fully saturated rings. The third-order valence-corrected chi connectivity index (χ3v) is 3.26. The Morgan fingerprint density at radius 3 is 2.53 bits per heavy atom. The summed E-state index contributed by atoms with van der Waals surface area (Å²) in [5, 5.41) is 9.13. The first-order valence-electron chi connectivity index (χ1n) is 5.51. The molecule has 3 heteroatoms. The Kier molecular flexibility index (Phi) is 2.91. The first-order chi connectivity index (χ1) is 7.15. The van der Waals surface area contributed by atoms with Crippen LogP contribution >= 0.6 is 0 Å². The van der Waals surface area contributed by atoms with E-state index in [0.717, 1.165) is 37.2 Å². The second-order valence-electron chi connectivity index (χ2n) is 4.66. The maximum Gasteiger partial charge on any atom is 0.133 e. The Hall–Kier alpha value is -1.09. The number of likely N-dealkylation sites (tertiary alicyclic amines) is 1. The van der Waals surface area contributed by atoms with Crippen LogP contribution in [0.1, 0.15) is 19.5 Å². The molecule has 2 heterocycles. The number of hydrogen-bond donors (Lipinski definition) is 1. The molecule has 1 N–H and O–H groups in total. The molecule has 0 aliphatic carbocycles. The largest absolute Gasteiger partial charge is 0.506 e. The molecule has 2 atom stereocenters. The lowest BCUT2D eigenvalue weighted by Gasteiger charge is -2.14. The molecule has 2 unspecified atom stereocenters. The summed E-state index contributed by atoms with van der Waals surface area (Å²) in [4.78, 5) is 6.63. The van der Waals surface area contributed by atoms with Crippen molar-refractivity contribution in [1.82, 2.24) is 9.88 Å². The summed E-state index contributed by atoms with van der Waals surface area (Å²) in [7, 11) is 0. The Balaban J connectivity index is 1.95. The van der Waals surface area contributed by atoms with Gasteiger partial charge in [-0.3, -0.25) is 9.88 Å². The zero-order chi connectivity index (χ0) is 10.8. The molecule has 0 saturated carbocycles. The van der Waals surface area contributed by atoms with Crippen LogP contribution in [0.3, 0.4) is 0 Å². The monoisotopic (exact) mass is 206 g/mol. The van der Waals surface area contributed by atoms with Gasteiger partial charge in [0.05, 0.1) is 11.9 Å². The summed E-state index contributed by atoms with van der Waals surface area (Å²) in [5.74, 6) is 1.80. The van der Waals surface area contributed by atoms with Crippen molar-refractivity contribution in [3.8, 4) is 5.75 Å². The van der Waals surface area contributed by atoms with Crippen LogP contribution in [0.5, 0.6) is 5.75 Å². The van der Waals surface area contributed by atoms with Gasteiger partial charge in [0.2, 0.25) is 0 Å². The minimum Gasteiger partial charge on any atom is -0.506 e. The zero-order valence-electron chi connectivity index (χ0n) is 9.35. The van der Waals surface area contributed by atoms with Crippen molar-refractivity contribution in [2.24, 2.45) is 11.8 Å². The molecule has 0 amide bonds. The van der Waals surface area contributed by atoms with Crippen LogP contribution in [-0.4, -0.2) is 28.1 Å². The predicted molar refractivity (Wildman–Crippen MR) is 59.5 cm³/mol. The average molecular weight is 206 g/mol. The van der Waals surface area contributed by atoms with Gasteiger partial charge in [-0.15, -0.1) is 0 Å².